The second kappa shape index (κ2) is 4.11. The van der Waals surface area contributed by atoms with Gasteiger partial charge in [-0.25, -0.2) is 0 Å². The summed E-state index contributed by atoms with van der Waals surface area (Å²) in [6, 6.07) is 4.99. The van der Waals surface area contributed by atoms with Crippen LogP contribution in [0.5, 0.6) is 0 Å². The maximum absolute atomic E-state index is 13.0. The van der Waals surface area contributed by atoms with Crippen molar-refractivity contribution >= 4 is 10.9 Å². The Labute approximate surface area is 108 Å². The van der Waals surface area contributed by atoms with Gasteiger partial charge in [-0.05, 0) is 12.1 Å². The summed E-state index contributed by atoms with van der Waals surface area (Å²) in [5, 5.41) is 0.0582. The quantitative estimate of drug-likeness (QED) is 0.774. The van der Waals surface area contributed by atoms with Crippen molar-refractivity contribution in [3.05, 3.63) is 45.7 Å². The lowest BCUT2D eigenvalue weighted by molar-refractivity contribution is -0.136. The Kier molecular flexibility index (Phi) is 2.96. The first-order chi connectivity index (χ1) is 8.60. The molecule has 0 fully saturated rings. The van der Waals surface area contributed by atoms with E-state index in [0.29, 0.717) is 5.69 Å². The van der Waals surface area contributed by atoms with Crippen molar-refractivity contribution in [1.82, 2.24) is 4.98 Å². The van der Waals surface area contributed by atoms with E-state index in [0.717, 1.165) is 6.07 Å². The molecule has 1 aromatic carbocycles. The predicted molar refractivity (Wildman–Crippen MR) is 68.3 cm³/mol. The lowest BCUT2D eigenvalue weighted by Crippen LogP contribution is -2.19. The highest BCUT2D eigenvalue weighted by Gasteiger charge is 2.33. The van der Waals surface area contributed by atoms with Crippen molar-refractivity contribution in [3.8, 4) is 0 Å². The number of aromatic amines is 1. The van der Waals surface area contributed by atoms with Gasteiger partial charge in [-0.15, -0.1) is 0 Å². The van der Waals surface area contributed by atoms with Crippen LogP contribution in [0, 0.1) is 0 Å². The minimum Gasteiger partial charge on any atom is -0.357 e. The number of H-pyrrole nitrogens is 1. The van der Waals surface area contributed by atoms with E-state index >= 15 is 0 Å². The Morgan fingerprint density at radius 1 is 1.11 bits per heavy atom. The SMILES string of the molecule is CC(C)(C)c1cc(=O)c2cccc(C(F)(F)F)c2[nH]1. The zero-order valence-electron chi connectivity index (χ0n) is 10.9. The highest BCUT2D eigenvalue weighted by atomic mass is 19.4. The molecule has 0 aliphatic carbocycles. The van der Waals surface area contributed by atoms with Crippen molar-refractivity contribution in [2.24, 2.45) is 0 Å². The Morgan fingerprint density at radius 3 is 2.26 bits per heavy atom. The summed E-state index contributed by atoms with van der Waals surface area (Å²) < 4.78 is 38.9. The maximum atomic E-state index is 13.0. The standard InChI is InChI=1S/C14H14F3NO/c1-13(2,3)11-7-10(19)8-5-4-6-9(12(8)18-11)14(15,16)17/h4-7H,1-3H3,(H,18,19). The number of hydrogen-bond donors (Lipinski definition) is 1. The summed E-state index contributed by atoms with van der Waals surface area (Å²) in [5.74, 6) is 0. The van der Waals surface area contributed by atoms with Crippen LogP contribution in [-0.2, 0) is 11.6 Å². The minimum atomic E-state index is -4.49. The van der Waals surface area contributed by atoms with Gasteiger partial charge in [0, 0.05) is 22.6 Å². The second-order valence-electron chi connectivity index (χ2n) is 5.52. The molecule has 1 N–H and O–H groups in total. The largest absolute Gasteiger partial charge is 0.418 e. The number of pyridine rings is 1. The fourth-order valence-corrected chi connectivity index (χ4v) is 1.91. The van der Waals surface area contributed by atoms with Crippen molar-refractivity contribution in [2.45, 2.75) is 32.4 Å². The smallest absolute Gasteiger partial charge is 0.357 e. The monoisotopic (exact) mass is 269 g/mol. The summed E-state index contributed by atoms with van der Waals surface area (Å²) in [7, 11) is 0. The van der Waals surface area contributed by atoms with Crippen molar-refractivity contribution in [1.29, 1.82) is 0 Å². The Morgan fingerprint density at radius 2 is 1.74 bits per heavy atom. The van der Waals surface area contributed by atoms with E-state index in [1.165, 1.54) is 18.2 Å². The summed E-state index contributed by atoms with van der Waals surface area (Å²) in [5.41, 5.74) is -1.29. The predicted octanol–water partition coefficient (Wildman–Crippen LogP) is 3.84. The molecule has 0 amide bonds. The third-order valence-corrected chi connectivity index (χ3v) is 2.98. The van der Waals surface area contributed by atoms with Gasteiger partial charge in [0.2, 0.25) is 0 Å². The van der Waals surface area contributed by atoms with Crippen LogP contribution in [0.1, 0.15) is 32.0 Å². The molecule has 0 radical (unpaired) electrons. The average molecular weight is 269 g/mol. The van der Waals surface area contributed by atoms with Gasteiger partial charge in [0.05, 0.1) is 11.1 Å². The summed E-state index contributed by atoms with van der Waals surface area (Å²) in [6.07, 6.45) is -4.49. The summed E-state index contributed by atoms with van der Waals surface area (Å²) in [4.78, 5) is 14.7. The van der Waals surface area contributed by atoms with Crippen molar-refractivity contribution in [2.75, 3.05) is 0 Å². The maximum Gasteiger partial charge on any atom is 0.418 e. The van der Waals surface area contributed by atoms with Crippen LogP contribution in [0.4, 0.5) is 13.2 Å². The van der Waals surface area contributed by atoms with Gasteiger partial charge in [0.1, 0.15) is 0 Å². The lowest BCUT2D eigenvalue weighted by atomic mass is 9.91. The third-order valence-electron chi connectivity index (χ3n) is 2.98. The second-order valence-corrected chi connectivity index (χ2v) is 5.52. The van der Waals surface area contributed by atoms with Crippen LogP contribution < -0.4 is 5.43 Å². The molecule has 0 atom stereocenters. The third kappa shape index (κ3) is 2.50. The molecule has 0 saturated carbocycles. The first-order valence-corrected chi connectivity index (χ1v) is 5.84. The van der Waals surface area contributed by atoms with E-state index in [9.17, 15) is 18.0 Å². The van der Waals surface area contributed by atoms with E-state index < -0.39 is 22.6 Å². The molecular formula is C14H14F3NO. The van der Waals surface area contributed by atoms with Crippen LogP contribution in [0.2, 0.25) is 0 Å². The molecule has 0 spiro atoms. The van der Waals surface area contributed by atoms with Crippen LogP contribution in [-0.4, -0.2) is 4.98 Å². The van der Waals surface area contributed by atoms with E-state index in [2.05, 4.69) is 4.98 Å². The highest BCUT2D eigenvalue weighted by Crippen LogP contribution is 2.33. The van der Waals surface area contributed by atoms with Gasteiger partial charge in [-0.3, -0.25) is 4.79 Å². The molecule has 2 rings (SSSR count). The molecule has 19 heavy (non-hydrogen) atoms. The lowest BCUT2D eigenvalue weighted by Gasteiger charge is -2.20. The van der Waals surface area contributed by atoms with Crippen LogP contribution in [0.3, 0.4) is 0 Å². The molecular weight excluding hydrogens is 255 g/mol. The zero-order chi connectivity index (χ0) is 14.4. The van der Waals surface area contributed by atoms with Crippen molar-refractivity contribution in [3.63, 3.8) is 0 Å². The molecule has 2 aromatic rings. The number of alkyl halides is 3. The normalized spacial score (nSPS) is 12.9. The minimum absolute atomic E-state index is 0.0582. The highest BCUT2D eigenvalue weighted by molar-refractivity contribution is 5.82. The van der Waals surface area contributed by atoms with Crippen LogP contribution in [0.25, 0.3) is 10.9 Å². The van der Waals surface area contributed by atoms with E-state index in [1.807, 2.05) is 20.8 Å². The van der Waals surface area contributed by atoms with Crippen LogP contribution in [0.15, 0.2) is 29.1 Å². The number of fused-ring (bicyclic) bond motifs is 1. The van der Waals surface area contributed by atoms with E-state index in [4.69, 9.17) is 0 Å². The first kappa shape index (κ1) is 13.6. The number of aromatic nitrogens is 1. The van der Waals surface area contributed by atoms with Crippen LogP contribution >= 0.6 is 0 Å². The molecule has 1 heterocycles. The molecule has 0 saturated heterocycles. The number of halogens is 3. The summed E-state index contributed by atoms with van der Waals surface area (Å²) >= 11 is 0. The number of nitrogens with one attached hydrogen (secondary N) is 1. The van der Waals surface area contributed by atoms with Gasteiger partial charge in [-0.2, -0.15) is 13.2 Å². The van der Waals surface area contributed by atoms with Crippen molar-refractivity contribution < 1.29 is 13.2 Å². The average Bonchev–Trinajstić information content (AvgIpc) is 2.25. The zero-order valence-corrected chi connectivity index (χ0v) is 10.9. The van der Waals surface area contributed by atoms with E-state index in [1.54, 1.807) is 0 Å². The first-order valence-electron chi connectivity index (χ1n) is 5.84. The Balaban J connectivity index is 2.89. The van der Waals surface area contributed by atoms with Gasteiger partial charge in [0.25, 0.3) is 0 Å². The molecule has 0 unspecified atom stereocenters. The Bertz CT molecular complexity index is 678. The fraction of sp³-hybridized carbons (Fsp3) is 0.357. The number of para-hydroxylation sites is 1. The van der Waals surface area contributed by atoms with Gasteiger partial charge in [0.15, 0.2) is 5.43 Å². The molecule has 1 aromatic heterocycles. The molecule has 0 aliphatic heterocycles. The molecule has 2 nitrogen and oxygen atoms in total. The Hall–Kier alpha value is -1.78. The van der Waals surface area contributed by atoms with Gasteiger partial charge < -0.3 is 4.98 Å². The van der Waals surface area contributed by atoms with Gasteiger partial charge in [-0.1, -0.05) is 26.8 Å². The van der Waals surface area contributed by atoms with E-state index in [-0.39, 0.29) is 10.9 Å². The number of benzene rings is 1. The number of hydrogen-bond acceptors (Lipinski definition) is 1. The number of rotatable bonds is 0. The molecule has 5 heteroatoms. The molecule has 102 valence electrons. The summed E-state index contributed by atoms with van der Waals surface area (Å²) in [6.45, 7) is 5.50. The molecule has 0 bridgehead atoms. The topological polar surface area (TPSA) is 32.9 Å². The molecule has 0 aliphatic rings. The van der Waals surface area contributed by atoms with Gasteiger partial charge >= 0.3 is 6.18 Å². The fourth-order valence-electron chi connectivity index (χ4n) is 1.91.